The van der Waals surface area contributed by atoms with Gasteiger partial charge in [0.1, 0.15) is 6.07 Å². The van der Waals surface area contributed by atoms with Crippen molar-refractivity contribution in [3.8, 4) is 6.07 Å². The van der Waals surface area contributed by atoms with Crippen LogP contribution >= 0.6 is 0 Å². The lowest BCUT2D eigenvalue weighted by Gasteiger charge is -2.09. The zero-order valence-corrected chi connectivity index (χ0v) is 12.3. The van der Waals surface area contributed by atoms with Crippen molar-refractivity contribution in [1.82, 2.24) is 4.98 Å². The minimum atomic E-state index is 0.616. The van der Waals surface area contributed by atoms with E-state index in [9.17, 15) is 0 Å². The van der Waals surface area contributed by atoms with Crippen LogP contribution in [0.1, 0.15) is 16.8 Å². The highest BCUT2D eigenvalue weighted by molar-refractivity contribution is 5.92. The minimum absolute atomic E-state index is 0.616. The van der Waals surface area contributed by atoms with E-state index in [2.05, 4.69) is 46.4 Å². The Morgan fingerprint density at radius 1 is 1.04 bits per heavy atom. The van der Waals surface area contributed by atoms with Crippen molar-refractivity contribution in [2.75, 3.05) is 0 Å². The first-order valence-corrected chi connectivity index (χ1v) is 7.38. The number of nitrogens with one attached hydrogen (secondary N) is 1. The van der Waals surface area contributed by atoms with Crippen LogP contribution in [0.2, 0.25) is 0 Å². The average Bonchev–Trinajstić information content (AvgIpc) is 3.27. The third-order valence-corrected chi connectivity index (χ3v) is 3.93. The molecule has 0 aliphatic carbocycles. The summed E-state index contributed by atoms with van der Waals surface area (Å²) in [5.41, 5.74) is 4.49. The molecule has 1 N–H and O–H groups in total. The van der Waals surface area contributed by atoms with E-state index in [0.29, 0.717) is 5.56 Å². The Morgan fingerprint density at radius 2 is 1.91 bits per heavy atom. The highest BCUT2D eigenvalue weighted by Gasteiger charge is 2.14. The number of hydrogen-bond donors (Lipinski definition) is 1. The van der Waals surface area contributed by atoms with Gasteiger partial charge in [0, 0.05) is 23.7 Å². The van der Waals surface area contributed by atoms with E-state index < -0.39 is 0 Å². The van der Waals surface area contributed by atoms with Gasteiger partial charge >= 0.3 is 0 Å². The molecule has 3 heteroatoms. The molecule has 2 aromatic carbocycles. The quantitative estimate of drug-likeness (QED) is 0.746. The number of benzene rings is 2. The fourth-order valence-corrected chi connectivity index (χ4v) is 2.84. The van der Waals surface area contributed by atoms with Gasteiger partial charge < -0.3 is 4.98 Å². The lowest BCUT2D eigenvalue weighted by Crippen LogP contribution is -1.92. The normalized spacial score (nSPS) is 15.1. The highest BCUT2D eigenvalue weighted by Crippen LogP contribution is 2.31. The van der Waals surface area contributed by atoms with E-state index in [4.69, 9.17) is 5.26 Å². The first-order valence-electron chi connectivity index (χ1n) is 7.38. The number of aromatic nitrogens is 1. The van der Waals surface area contributed by atoms with Gasteiger partial charge in [0.2, 0.25) is 0 Å². The van der Waals surface area contributed by atoms with Crippen LogP contribution in [0.25, 0.3) is 16.3 Å². The van der Waals surface area contributed by atoms with E-state index in [0.717, 1.165) is 22.5 Å². The van der Waals surface area contributed by atoms with Crippen molar-refractivity contribution in [2.24, 2.45) is 4.99 Å². The van der Waals surface area contributed by atoms with Gasteiger partial charge in [0.05, 0.1) is 11.3 Å². The number of aromatic amines is 1. The zero-order chi connectivity index (χ0) is 15.6. The summed E-state index contributed by atoms with van der Waals surface area (Å²) in [6.45, 7) is 0. The molecule has 3 nitrogen and oxygen atoms in total. The molecule has 4 rings (SSSR count). The second-order valence-electron chi connectivity index (χ2n) is 5.37. The second kappa shape index (κ2) is 5.43. The number of nitrogens with zero attached hydrogens (tertiary/aromatic N) is 2. The molecule has 0 radical (unpaired) electrons. The predicted molar refractivity (Wildman–Crippen MR) is 93.1 cm³/mol. The van der Waals surface area contributed by atoms with Crippen molar-refractivity contribution in [1.29, 1.82) is 5.26 Å². The smallest absolute Gasteiger partial charge is 0.101 e. The van der Waals surface area contributed by atoms with E-state index >= 15 is 0 Å². The van der Waals surface area contributed by atoms with Gasteiger partial charge in [-0.1, -0.05) is 36.4 Å². The van der Waals surface area contributed by atoms with E-state index in [1.165, 1.54) is 10.8 Å². The Hall–Kier alpha value is -3.38. The molecule has 0 fully saturated rings. The zero-order valence-electron chi connectivity index (χ0n) is 12.3. The molecule has 0 atom stereocenters. The molecule has 0 saturated carbocycles. The number of aliphatic imine (C=N–C) groups is 1. The van der Waals surface area contributed by atoms with Gasteiger partial charge in [0.25, 0.3) is 0 Å². The SMILES string of the molecule is N#Cc1c[nH]c(C(=C2C=CC=N2)c2ccc3ccccc3c2)c1. The molecule has 1 aliphatic rings. The summed E-state index contributed by atoms with van der Waals surface area (Å²) in [7, 11) is 0. The van der Waals surface area contributed by atoms with Crippen LogP contribution < -0.4 is 0 Å². The Bertz CT molecular complexity index is 1010. The van der Waals surface area contributed by atoms with Crippen LogP contribution in [-0.2, 0) is 0 Å². The maximum atomic E-state index is 9.08. The molecule has 3 aromatic rings. The molecule has 2 heterocycles. The van der Waals surface area contributed by atoms with Crippen molar-refractivity contribution in [3.63, 3.8) is 0 Å². The molecule has 23 heavy (non-hydrogen) atoms. The van der Waals surface area contributed by atoms with Crippen LogP contribution in [0.15, 0.2) is 77.6 Å². The summed E-state index contributed by atoms with van der Waals surface area (Å²) in [6.07, 6.45) is 7.41. The summed E-state index contributed by atoms with van der Waals surface area (Å²) in [5.74, 6) is 0. The largest absolute Gasteiger partial charge is 0.360 e. The minimum Gasteiger partial charge on any atom is -0.360 e. The van der Waals surface area contributed by atoms with Crippen LogP contribution in [-0.4, -0.2) is 11.2 Å². The van der Waals surface area contributed by atoms with Gasteiger partial charge in [-0.15, -0.1) is 0 Å². The number of nitriles is 1. The van der Waals surface area contributed by atoms with Crippen molar-refractivity contribution >= 4 is 22.6 Å². The van der Waals surface area contributed by atoms with Crippen LogP contribution in [0.5, 0.6) is 0 Å². The van der Waals surface area contributed by atoms with E-state index in [1.54, 1.807) is 12.4 Å². The Kier molecular flexibility index (Phi) is 3.14. The molecule has 0 spiro atoms. The Labute approximate surface area is 133 Å². The molecule has 1 aromatic heterocycles. The monoisotopic (exact) mass is 295 g/mol. The summed E-state index contributed by atoms with van der Waals surface area (Å²) < 4.78 is 0. The fourth-order valence-electron chi connectivity index (χ4n) is 2.84. The lowest BCUT2D eigenvalue weighted by atomic mass is 9.97. The molecule has 0 saturated heterocycles. The molecule has 1 aliphatic heterocycles. The molecule has 0 bridgehead atoms. The van der Waals surface area contributed by atoms with Gasteiger partial charge in [-0.3, -0.25) is 4.99 Å². The number of hydrogen-bond acceptors (Lipinski definition) is 2. The standard InChI is InChI=1S/C20H13N3/c21-12-14-10-19(23-13-14)20(18-6-3-9-22-18)17-8-7-15-4-1-2-5-16(15)11-17/h1-11,13,23H. The molecule has 0 unspecified atom stereocenters. The van der Waals surface area contributed by atoms with E-state index in [-0.39, 0.29) is 0 Å². The van der Waals surface area contributed by atoms with Crippen LogP contribution in [0.4, 0.5) is 0 Å². The van der Waals surface area contributed by atoms with Crippen molar-refractivity contribution in [3.05, 3.63) is 89.4 Å². The van der Waals surface area contributed by atoms with E-state index in [1.807, 2.05) is 30.4 Å². The molecule has 108 valence electrons. The van der Waals surface area contributed by atoms with Gasteiger partial charge in [-0.05, 0) is 40.6 Å². The van der Waals surface area contributed by atoms with Gasteiger partial charge in [-0.25, -0.2) is 0 Å². The summed E-state index contributed by atoms with van der Waals surface area (Å²) in [6, 6.07) is 18.7. The Balaban J connectivity index is 1.94. The lowest BCUT2D eigenvalue weighted by molar-refractivity contribution is 1.32. The predicted octanol–water partition coefficient (Wildman–Crippen LogP) is 4.44. The molecular formula is C20H13N3. The number of H-pyrrole nitrogens is 1. The maximum absolute atomic E-state index is 9.08. The maximum Gasteiger partial charge on any atom is 0.101 e. The van der Waals surface area contributed by atoms with Gasteiger partial charge in [0.15, 0.2) is 0 Å². The number of fused-ring (bicyclic) bond motifs is 1. The first kappa shape index (κ1) is 13.3. The fraction of sp³-hybridized carbons (Fsp3) is 0. The highest BCUT2D eigenvalue weighted by atomic mass is 14.8. The second-order valence-corrected chi connectivity index (χ2v) is 5.37. The number of allylic oxidation sites excluding steroid dienone is 2. The summed E-state index contributed by atoms with van der Waals surface area (Å²) in [5, 5.41) is 11.5. The van der Waals surface area contributed by atoms with Crippen molar-refractivity contribution < 1.29 is 0 Å². The third-order valence-electron chi connectivity index (χ3n) is 3.93. The Morgan fingerprint density at radius 3 is 2.65 bits per heavy atom. The van der Waals surface area contributed by atoms with Gasteiger partial charge in [-0.2, -0.15) is 5.26 Å². The molecular weight excluding hydrogens is 282 g/mol. The molecule has 0 amide bonds. The van der Waals surface area contributed by atoms with Crippen LogP contribution in [0.3, 0.4) is 0 Å². The average molecular weight is 295 g/mol. The number of rotatable bonds is 2. The topological polar surface area (TPSA) is 51.9 Å². The third kappa shape index (κ3) is 2.37. The summed E-state index contributed by atoms with van der Waals surface area (Å²) >= 11 is 0. The van der Waals surface area contributed by atoms with Crippen molar-refractivity contribution in [2.45, 2.75) is 0 Å². The first-order chi connectivity index (χ1) is 11.3. The van der Waals surface area contributed by atoms with Crippen LogP contribution in [0, 0.1) is 11.3 Å². The summed E-state index contributed by atoms with van der Waals surface area (Å²) in [4.78, 5) is 7.64.